The van der Waals surface area contributed by atoms with Crippen LogP contribution in [0.3, 0.4) is 0 Å². The third-order valence-electron chi connectivity index (χ3n) is 2.75. The van der Waals surface area contributed by atoms with Crippen LogP contribution in [0.4, 0.5) is 13.2 Å². The Labute approximate surface area is 113 Å². The lowest BCUT2D eigenvalue weighted by Gasteiger charge is -2.16. The lowest BCUT2D eigenvalue weighted by atomic mass is 10.1. The maximum atomic E-state index is 12.8. The van der Waals surface area contributed by atoms with Crippen LogP contribution in [0.15, 0.2) is 18.2 Å². The van der Waals surface area contributed by atoms with Crippen molar-refractivity contribution in [3.63, 3.8) is 0 Å². The van der Waals surface area contributed by atoms with Crippen LogP contribution in [0.1, 0.15) is 17.5 Å². The summed E-state index contributed by atoms with van der Waals surface area (Å²) in [6.45, 7) is 1.02. The molecule has 0 amide bonds. The van der Waals surface area contributed by atoms with E-state index in [1.807, 2.05) is 0 Å². The Balaban J connectivity index is 2.28. The molecule has 2 rings (SSSR count). The molecule has 1 unspecified atom stereocenters. The highest BCUT2D eigenvalue weighted by Gasteiger charge is 2.34. The summed E-state index contributed by atoms with van der Waals surface area (Å²) in [5.41, 5.74) is 4.26. The van der Waals surface area contributed by atoms with E-state index in [0.717, 1.165) is 6.07 Å². The smallest absolute Gasteiger partial charge is 0.417 e. The molecule has 1 aliphatic rings. The molecule has 0 radical (unpaired) electrons. The van der Waals surface area contributed by atoms with Crippen LogP contribution in [-0.4, -0.2) is 24.3 Å². The first-order valence-corrected chi connectivity index (χ1v) is 6.04. The second-order valence-corrected chi connectivity index (χ2v) is 4.61. The zero-order valence-corrected chi connectivity index (χ0v) is 10.7. The van der Waals surface area contributed by atoms with Crippen molar-refractivity contribution in [3.05, 3.63) is 29.3 Å². The minimum Gasteiger partial charge on any atom is -0.488 e. The lowest BCUT2D eigenvalue weighted by Crippen LogP contribution is -2.20. The summed E-state index contributed by atoms with van der Waals surface area (Å²) in [4.78, 5) is -0.305. The van der Waals surface area contributed by atoms with Gasteiger partial charge < -0.3 is 15.2 Å². The van der Waals surface area contributed by atoms with E-state index in [9.17, 15) is 13.2 Å². The molecule has 0 bridgehead atoms. The fraction of sp³-hybridized carbons (Fsp3) is 0.417. The van der Waals surface area contributed by atoms with Gasteiger partial charge >= 0.3 is 6.18 Å². The molecule has 19 heavy (non-hydrogen) atoms. The molecule has 0 spiro atoms. The zero-order chi connectivity index (χ0) is 14.0. The molecule has 1 aromatic carbocycles. The molecular weight excluding hydrogens is 279 g/mol. The summed E-state index contributed by atoms with van der Waals surface area (Å²) in [5, 5.41) is 0. The molecule has 1 heterocycles. The number of thiocarbonyl (C=S) groups is 1. The van der Waals surface area contributed by atoms with E-state index < -0.39 is 11.7 Å². The van der Waals surface area contributed by atoms with Crippen LogP contribution in [0.25, 0.3) is 0 Å². The molecule has 1 atom stereocenters. The predicted molar refractivity (Wildman–Crippen MR) is 67.2 cm³/mol. The van der Waals surface area contributed by atoms with Gasteiger partial charge in [-0.1, -0.05) is 12.2 Å². The zero-order valence-electron chi connectivity index (χ0n) is 9.87. The summed E-state index contributed by atoms with van der Waals surface area (Å²) >= 11 is 4.66. The summed E-state index contributed by atoms with van der Waals surface area (Å²) in [6, 6.07) is 3.42. The number of nitrogens with two attached hydrogens (primary N) is 1. The van der Waals surface area contributed by atoms with Gasteiger partial charge in [-0.2, -0.15) is 13.2 Å². The van der Waals surface area contributed by atoms with Crippen LogP contribution >= 0.6 is 12.2 Å². The van der Waals surface area contributed by atoms with Crippen molar-refractivity contribution >= 4 is 17.2 Å². The predicted octanol–water partition coefficient (Wildman–Crippen LogP) is 2.51. The third kappa shape index (κ3) is 3.36. The Bertz CT molecular complexity index is 484. The van der Waals surface area contributed by atoms with Crippen molar-refractivity contribution in [2.45, 2.75) is 18.7 Å². The first kappa shape index (κ1) is 14.1. The van der Waals surface area contributed by atoms with E-state index in [1.165, 1.54) is 12.1 Å². The van der Waals surface area contributed by atoms with E-state index >= 15 is 0 Å². The van der Waals surface area contributed by atoms with Crippen molar-refractivity contribution in [2.75, 3.05) is 13.2 Å². The molecule has 1 aliphatic heterocycles. The van der Waals surface area contributed by atoms with Gasteiger partial charge in [-0.3, -0.25) is 0 Å². The molecule has 1 saturated heterocycles. The Kier molecular flexibility index (Phi) is 3.96. The molecule has 0 aliphatic carbocycles. The number of hydrogen-bond donors (Lipinski definition) is 1. The number of ether oxygens (including phenoxy) is 2. The number of alkyl halides is 3. The average molecular weight is 291 g/mol. The molecular formula is C12H12F3NO2S. The summed E-state index contributed by atoms with van der Waals surface area (Å²) in [7, 11) is 0. The SMILES string of the molecule is NC(=S)c1cc(OC2CCOC2)ccc1C(F)(F)F. The van der Waals surface area contributed by atoms with E-state index in [-0.39, 0.29) is 16.7 Å². The van der Waals surface area contributed by atoms with Crippen molar-refractivity contribution in [1.29, 1.82) is 0 Å². The normalized spacial score (nSPS) is 19.4. The third-order valence-corrected chi connectivity index (χ3v) is 2.97. The molecule has 3 nitrogen and oxygen atoms in total. The monoisotopic (exact) mass is 291 g/mol. The van der Waals surface area contributed by atoms with Crippen LogP contribution in [-0.2, 0) is 10.9 Å². The Morgan fingerprint density at radius 1 is 1.42 bits per heavy atom. The molecule has 1 fully saturated rings. The van der Waals surface area contributed by atoms with Gasteiger partial charge in [0.05, 0.1) is 18.8 Å². The largest absolute Gasteiger partial charge is 0.488 e. The molecule has 0 saturated carbocycles. The highest BCUT2D eigenvalue weighted by molar-refractivity contribution is 7.80. The van der Waals surface area contributed by atoms with E-state index in [2.05, 4.69) is 12.2 Å². The highest BCUT2D eigenvalue weighted by Crippen LogP contribution is 2.34. The van der Waals surface area contributed by atoms with Gasteiger partial charge in [-0.25, -0.2) is 0 Å². The summed E-state index contributed by atoms with van der Waals surface area (Å²) in [6.07, 6.45) is -3.92. The van der Waals surface area contributed by atoms with Crippen LogP contribution < -0.4 is 10.5 Å². The maximum absolute atomic E-state index is 12.8. The molecule has 7 heteroatoms. The quantitative estimate of drug-likeness (QED) is 0.869. The van der Waals surface area contributed by atoms with Crippen LogP contribution in [0.5, 0.6) is 5.75 Å². The minimum atomic E-state index is -4.49. The standard InChI is InChI=1S/C12H12F3NO2S/c13-12(14,15)10-2-1-7(5-9(10)11(16)19)18-8-3-4-17-6-8/h1-2,5,8H,3-4,6H2,(H2,16,19). The molecule has 1 aromatic rings. The summed E-state index contributed by atoms with van der Waals surface area (Å²) in [5.74, 6) is 0.311. The van der Waals surface area contributed by atoms with Crippen LogP contribution in [0.2, 0.25) is 0 Å². The Hall–Kier alpha value is -1.34. The number of benzene rings is 1. The molecule has 0 aromatic heterocycles. The Morgan fingerprint density at radius 2 is 2.16 bits per heavy atom. The number of rotatable bonds is 3. The van der Waals surface area contributed by atoms with Crippen molar-refractivity contribution < 1.29 is 22.6 Å². The average Bonchev–Trinajstić information content (AvgIpc) is 2.80. The van der Waals surface area contributed by atoms with Gasteiger partial charge in [-0.05, 0) is 18.2 Å². The van der Waals surface area contributed by atoms with Crippen molar-refractivity contribution in [3.8, 4) is 5.75 Å². The van der Waals surface area contributed by atoms with E-state index in [4.69, 9.17) is 15.2 Å². The fourth-order valence-electron chi connectivity index (χ4n) is 1.85. The lowest BCUT2D eigenvalue weighted by molar-refractivity contribution is -0.137. The van der Waals surface area contributed by atoms with Crippen LogP contribution in [0, 0.1) is 0 Å². The van der Waals surface area contributed by atoms with E-state index in [1.54, 1.807) is 0 Å². The van der Waals surface area contributed by atoms with Gasteiger partial charge in [0, 0.05) is 12.0 Å². The topological polar surface area (TPSA) is 44.5 Å². The van der Waals surface area contributed by atoms with Gasteiger partial charge in [0.1, 0.15) is 16.8 Å². The first-order valence-electron chi connectivity index (χ1n) is 5.63. The van der Waals surface area contributed by atoms with Gasteiger partial charge in [0.15, 0.2) is 0 Å². The molecule has 104 valence electrons. The number of halogens is 3. The van der Waals surface area contributed by atoms with Gasteiger partial charge in [0.2, 0.25) is 0 Å². The second-order valence-electron chi connectivity index (χ2n) is 4.17. The van der Waals surface area contributed by atoms with E-state index in [0.29, 0.717) is 25.4 Å². The second kappa shape index (κ2) is 5.34. The van der Waals surface area contributed by atoms with Gasteiger partial charge in [-0.15, -0.1) is 0 Å². The Morgan fingerprint density at radius 3 is 2.68 bits per heavy atom. The molecule has 2 N–H and O–H groups in total. The first-order chi connectivity index (χ1) is 8.88. The van der Waals surface area contributed by atoms with Crippen molar-refractivity contribution in [2.24, 2.45) is 5.73 Å². The highest BCUT2D eigenvalue weighted by atomic mass is 32.1. The van der Waals surface area contributed by atoms with Crippen molar-refractivity contribution in [1.82, 2.24) is 0 Å². The fourth-order valence-corrected chi connectivity index (χ4v) is 2.01. The minimum absolute atomic E-state index is 0.143. The number of hydrogen-bond acceptors (Lipinski definition) is 3. The van der Waals surface area contributed by atoms with Gasteiger partial charge in [0.25, 0.3) is 0 Å². The summed E-state index contributed by atoms with van der Waals surface area (Å²) < 4.78 is 49.0. The maximum Gasteiger partial charge on any atom is 0.417 e.